The molecule has 3 N–H and O–H groups in total. The van der Waals surface area contributed by atoms with Gasteiger partial charge in [-0.25, -0.2) is 0 Å². The van der Waals surface area contributed by atoms with Crippen LogP contribution in [0.15, 0.2) is 121 Å². The summed E-state index contributed by atoms with van der Waals surface area (Å²) in [5.41, 5.74) is 0. The van der Waals surface area contributed by atoms with Gasteiger partial charge in [0.1, 0.15) is 0 Å². The standard InChI is InChI=1S/C31H37NO3P2Si.C3H10OSi/c1-2-35-38(33,34)25-15-24-32(26-36(28-16-7-3-8-17-28)29-18-9-4-10-19-29)27-37(30-20-11-5-12-21-30)31-22-13-6-14-23-31;1-5(2,3)4/h3-14,16-23,33-34H,2,15,24-27H2,1H3;4H,1-3H3. The van der Waals surface area contributed by atoms with Crippen molar-refractivity contribution in [2.45, 2.75) is 39.0 Å². The fourth-order valence-corrected chi connectivity index (χ4v) is 10.5. The molecular formula is C34H47NO4P2Si2. The molecule has 0 atom stereocenters. The van der Waals surface area contributed by atoms with Crippen molar-refractivity contribution >= 4 is 54.2 Å². The van der Waals surface area contributed by atoms with E-state index < -0.39 is 33.0 Å². The van der Waals surface area contributed by atoms with E-state index in [-0.39, 0.29) is 0 Å². The highest BCUT2D eigenvalue weighted by Gasteiger charge is 2.31. The maximum absolute atomic E-state index is 10.4. The zero-order chi connectivity index (χ0) is 31.1. The summed E-state index contributed by atoms with van der Waals surface area (Å²) in [6, 6.07) is 43.5. The normalized spacial score (nSPS) is 12.0. The molecule has 0 radical (unpaired) electrons. The maximum atomic E-state index is 10.4. The number of hydrogen-bond donors (Lipinski definition) is 3. The van der Waals surface area contributed by atoms with Crippen LogP contribution in [0.1, 0.15) is 13.3 Å². The van der Waals surface area contributed by atoms with Gasteiger partial charge in [-0.05, 0) is 76.6 Å². The third-order valence-corrected chi connectivity index (χ3v) is 13.1. The average molecular weight is 652 g/mol. The van der Waals surface area contributed by atoms with Crippen molar-refractivity contribution in [3.63, 3.8) is 0 Å². The van der Waals surface area contributed by atoms with Crippen molar-refractivity contribution < 1.29 is 18.8 Å². The van der Waals surface area contributed by atoms with Gasteiger partial charge in [0, 0.05) is 25.2 Å². The SMILES string of the molecule is CCO[Si](O)(O)CCCN(CP(c1ccccc1)c1ccccc1)CP(c1ccccc1)c1ccccc1.C[Si](C)(C)O. The summed E-state index contributed by atoms with van der Waals surface area (Å²) in [6.07, 6.45) is 2.49. The van der Waals surface area contributed by atoms with Crippen LogP contribution in [0, 0.1) is 0 Å². The second-order valence-corrected chi connectivity index (χ2v) is 22.3. The summed E-state index contributed by atoms with van der Waals surface area (Å²) in [6.45, 7) is 8.55. The minimum atomic E-state index is -3.62. The lowest BCUT2D eigenvalue weighted by atomic mass is 10.4. The molecule has 4 rings (SSSR count). The molecule has 9 heteroatoms. The molecule has 0 bridgehead atoms. The number of rotatable bonds is 14. The van der Waals surface area contributed by atoms with Crippen LogP contribution in [-0.2, 0) is 4.43 Å². The molecule has 0 spiro atoms. The van der Waals surface area contributed by atoms with Crippen LogP contribution >= 0.6 is 15.8 Å². The molecule has 4 aromatic carbocycles. The Hall–Kier alpha value is -2.03. The monoisotopic (exact) mass is 651 g/mol. The third kappa shape index (κ3) is 13.7. The van der Waals surface area contributed by atoms with E-state index in [0.717, 1.165) is 19.1 Å². The predicted molar refractivity (Wildman–Crippen MR) is 191 cm³/mol. The molecule has 230 valence electrons. The zero-order valence-electron chi connectivity index (χ0n) is 25.9. The van der Waals surface area contributed by atoms with E-state index in [1.165, 1.54) is 21.2 Å². The smallest absolute Gasteiger partial charge is 0.433 e. The number of benzene rings is 4. The van der Waals surface area contributed by atoms with Gasteiger partial charge in [-0.1, -0.05) is 121 Å². The van der Waals surface area contributed by atoms with Crippen molar-refractivity contribution in [3.8, 4) is 0 Å². The van der Waals surface area contributed by atoms with E-state index in [0.29, 0.717) is 19.1 Å². The Balaban J connectivity index is 0.000000934. The second kappa shape index (κ2) is 18.1. The lowest BCUT2D eigenvalue weighted by Gasteiger charge is -2.32. The molecule has 0 amide bonds. The first kappa shape index (κ1) is 35.5. The van der Waals surface area contributed by atoms with Gasteiger partial charge in [0.2, 0.25) is 0 Å². The molecule has 43 heavy (non-hydrogen) atoms. The Morgan fingerprint density at radius 3 is 1.16 bits per heavy atom. The van der Waals surface area contributed by atoms with Crippen LogP contribution in [0.3, 0.4) is 0 Å². The topological polar surface area (TPSA) is 73.2 Å². The van der Waals surface area contributed by atoms with Crippen LogP contribution in [0.2, 0.25) is 25.7 Å². The first-order valence-electron chi connectivity index (χ1n) is 14.8. The molecule has 0 aliphatic rings. The quantitative estimate of drug-likeness (QED) is 0.122. The van der Waals surface area contributed by atoms with Crippen molar-refractivity contribution in [3.05, 3.63) is 121 Å². The highest BCUT2D eigenvalue weighted by Crippen LogP contribution is 2.39. The zero-order valence-corrected chi connectivity index (χ0v) is 29.7. The van der Waals surface area contributed by atoms with E-state index in [4.69, 9.17) is 9.22 Å². The van der Waals surface area contributed by atoms with Crippen LogP contribution in [0.25, 0.3) is 0 Å². The fourth-order valence-electron chi connectivity index (χ4n) is 4.48. The summed E-state index contributed by atoms with van der Waals surface area (Å²) < 4.78 is 5.29. The van der Waals surface area contributed by atoms with E-state index in [9.17, 15) is 9.59 Å². The van der Waals surface area contributed by atoms with Gasteiger partial charge >= 0.3 is 8.80 Å². The van der Waals surface area contributed by atoms with Crippen LogP contribution in [0.4, 0.5) is 0 Å². The van der Waals surface area contributed by atoms with E-state index in [2.05, 4.69) is 126 Å². The van der Waals surface area contributed by atoms with Crippen molar-refractivity contribution in [1.82, 2.24) is 4.90 Å². The Kier molecular flexibility index (Phi) is 14.9. The van der Waals surface area contributed by atoms with Crippen LogP contribution in [0.5, 0.6) is 0 Å². The second-order valence-electron chi connectivity index (χ2n) is 11.3. The van der Waals surface area contributed by atoms with Crippen LogP contribution < -0.4 is 21.2 Å². The fraction of sp³-hybridized carbons (Fsp3) is 0.294. The minimum Gasteiger partial charge on any atom is -0.433 e. The molecule has 0 saturated heterocycles. The van der Waals surface area contributed by atoms with Crippen molar-refractivity contribution in [2.24, 2.45) is 0 Å². The highest BCUT2D eigenvalue weighted by molar-refractivity contribution is 7.73. The molecule has 4 aromatic rings. The summed E-state index contributed by atoms with van der Waals surface area (Å²) in [7, 11) is -6.47. The number of nitrogens with zero attached hydrogens (tertiary/aromatic N) is 1. The largest absolute Gasteiger partial charge is 0.495 e. The predicted octanol–water partition coefficient (Wildman–Crippen LogP) is 5.63. The Bertz CT molecular complexity index is 1130. The van der Waals surface area contributed by atoms with E-state index in [1.54, 1.807) is 6.92 Å². The molecule has 0 aliphatic carbocycles. The summed E-state index contributed by atoms with van der Waals surface area (Å²) in [4.78, 5) is 31.9. The summed E-state index contributed by atoms with van der Waals surface area (Å²) in [5.74, 6) is 0. The van der Waals surface area contributed by atoms with Crippen molar-refractivity contribution in [2.75, 3.05) is 25.7 Å². The summed E-state index contributed by atoms with van der Waals surface area (Å²) >= 11 is 0. The molecule has 0 fully saturated rings. The summed E-state index contributed by atoms with van der Waals surface area (Å²) in [5, 5.41) is 5.41. The van der Waals surface area contributed by atoms with Gasteiger partial charge in [-0.15, -0.1) is 0 Å². The Morgan fingerprint density at radius 2 is 0.884 bits per heavy atom. The van der Waals surface area contributed by atoms with Crippen LogP contribution in [-0.4, -0.2) is 62.1 Å². The van der Waals surface area contributed by atoms with Gasteiger partial charge in [-0.2, -0.15) is 0 Å². The molecule has 0 heterocycles. The first-order chi connectivity index (χ1) is 20.6. The Morgan fingerprint density at radius 1 is 0.581 bits per heavy atom. The highest BCUT2D eigenvalue weighted by atomic mass is 31.1. The van der Waals surface area contributed by atoms with Crippen molar-refractivity contribution in [1.29, 1.82) is 0 Å². The Labute approximate surface area is 263 Å². The van der Waals surface area contributed by atoms with Gasteiger partial charge in [-0.3, -0.25) is 4.90 Å². The van der Waals surface area contributed by atoms with Gasteiger partial charge in [0.05, 0.1) is 0 Å². The number of hydrogen-bond acceptors (Lipinski definition) is 5. The molecule has 0 unspecified atom stereocenters. The minimum absolute atomic E-state index is 0.306. The molecular weight excluding hydrogens is 604 g/mol. The average Bonchev–Trinajstić information content (AvgIpc) is 2.99. The van der Waals surface area contributed by atoms with Gasteiger partial charge in [0.25, 0.3) is 0 Å². The maximum Gasteiger partial charge on any atom is 0.495 e. The molecule has 0 saturated carbocycles. The third-order valence-electron chi connectivity index (χ3n) is 6.31. The lowest BCUT2D eigenvalue weighted by Crippen LogP contribution is -2.40. The van der Waals surface area contributed by atoms with E-state index in [1.807, 2.05) is 19.6 Å². The molecule has 5 nitrogen and oxygen atoms in total. The molecule has 0 aliphatic heterocycles. The molecule has 0 aromatic heterocycles. The first-order valence-corrected chi connectivity index (χ1v) is 23.4. The lowest BCUT2D eigenvalue weighted by molar-refractivity contribution is 0.153. The van der Waals surface area contributed by atoms with Gasteiger partial charge in [0.15, 0.2) is 8.32 Å². The van der Waals surface area contributed by atoms with E-state index >= 15 is 0 Å². The van der Waals surface area contributed by atoms with Gasteiger partial charge < -0.3 is 18.8 Å².